The molecule has 1 aromatic heterocycles. The van der Waals surface area contributed by atoms with Crippen LogP contribution in [0.3, 0.4) is 0 Å². The van der Waals surface area contributed by atoms with Gasteiger partial charge in [-0.05, 0) is 73.5 Å². The Morgan fingerprint density at radius 1 is 0.882 bits per heavy atom. The molecule has 4 aromatic rings. The number of hydrogen-bond acceptors (Lipinski definition) is 3. The van der Waals surface area contributed by atoms with E-state index >= 15 is 0 Å². The highest BCUT2D eigenvalue weighted by atomic mass is 35.5. The van der Waals surface area contributed by atoms with E-state index < -0.39 is 0 Å². The Balaban J connectivity index is 1.29. The molecule has 6 nitrogen and oxygen atoms in total. The van der Waals surface area contributed by atoms with Crippen LogP contribution in [0.4, 0.5) is 11.4 Å². The summed E-state index contributed by atoms with van der Waals surface area (Å²) in [6.07, 6.45) is 4.17. The second kappa shape index (κ2) is 9.49. The highest BCUT2D eigenvalue weighted by Crippen LogP contribution is 2.28. The molecule has 3 N–H and O–H groups in total. The zero-order valence-corrected chi connectivity index (χ0v) is 19.7. The Kier molecular flexibility index (Phi) is 6.26. The van der Waals surface area contributed by atoms with Crippen LogP contribution < -0.4 is 10.6 Å². The fourth-order valence-electron chi connectivity index (χ4n) is 4.24. The second-order valence-corrected chi connectivity index (χ2v) is 9.29. The molecule has 0 unspecified atom stereocenters. The van der Waals surface area contributed by atoms with E-state index in [0.29, 0.717) is 27.1 Å². The van der Waals surface area contributed by atoms with E-state index in [1.54, 1.807) is 24.3 Å². The Bertz CT molecular complexity index is 1380. The molecule has 2 amide bonds. The highest BCUT2D eigenvalue weighted by molar-refractivity contribution is 6.37. The van der Waals surface area contributed by atoms with E-state index in [2.05, 4.69) is 20.6 Å². The number of anilines is 2. The molecule has 0 atom stereocenters. The summed E-state index contributed by atoms with van der Waals surface area (Å²) in [5.41, 5.74) is 4.27. The van der Waals surface area contributed by atoms with Crippen LogP contribution in [0.15, 0.2) is 60.7 Å². The van der Waals surface area contributed by atoms with E-state index in [-0.39, 0.29) is 17.7 Å². The van der Waals surface area contributed by atoms with E-state index in [0.717, 1.165) is 48.0 Å². The molecule has 172 valence electrons. The largest absolute Gasteiger partial charge is 0.338 e. The van der Waals surface area contributed by atoms with E-state index in [9.17, 15) is 9.59 Å². The molecule has 34 heavy (non-hydrogen) atoms. The van der Waals surface area contributed by atoms with E-state index in [1.807, 2.05) is 30.3 Å². The van der Waals surface area contributed by atoms with Crippen molar-refractivity contribution in [2.24, 2.45) is 5.92 Å². The van der Waals surface area contributed by atoms with Gasteiger partial charge in [0.2, 0.25) is 5.91 Å². The number of imidazole rings is 1. The Morgan fingerprint density at radius 3 is 2.35 bits per heavy atom. The number of nitrogens with zero attached hydrogens (tertiary/aromatic N) is 1. The van der Waals surface area contributed by atoms with Crippen LogP contribution in [0, 0.1) is 5.92 Å². The summed E-state index contributed by atoms with van der Waals surface area (Å²) < 4.78 is 0. The first-order valence-corrected chi connectivity index (χ1v) is 11.9. The van der Waals surface area contributed by atoms with Crippen LogP contribution in [-0.4, -0.2) is 21.8 Å². The van der Waals surface area contributed by atoms with Crippen LogP contribution in [0.1, 0.15) is 36.0 Å². The zero-order valence-electron chi connectivity index (χ0n) is 18.2. The van der Waals surface area contributed by atoms with Crippen molar-refractivity contribution in [3.63, 3.8) is 0 Å². The molecule has 1 aliphatic carbocycles. The molecule has 0 saturated heterocycles. The van der Waals surface area contributed by atoms with Gasteiger partial charge in [0.1, 0.15) is 5.82 Å². The molecule has 0 bridgehead atoms. The van der Waals surface area contributed by atoms with Gasteiger partial charge in [-0.25, -0.2) is 4.98 Å². The van der Waals surface area contributed by atoms with Crippen molar-refractivity contribution in [2.45, 2.75) is 25.7 Å². The molecular weight excluding hydrogens is 471 g/mol. The molecule has 3 aromatic carbocycles. The maximum atomic E-state index is 12.5. The average molecular weight is 493 g/mol. The molecular formula is C26H22Cl2N4O2. The Hall–Kier alpha value is -3.35. The van der Waals surface area contributed by atoms with Gasteiger partial charge in [0.15, 0.2) is 0 Å². The van der Waals surface area contributed by atoms with Gasteiger partial charge in [-0.1, -0.05) is 36.0 Å². The van der Waals surface area contributed by atoms with Crippen molar-refractivity contribution >= 4 is 57.4 Å². The Morgan fingerprint density at radius 2 is 1.62 bits per heavy atom. The number of aromatic nitrogens is 2. The maximum Gasteiger partial charge on any atom is 0.257 e. The zero-order chi connectivity index (χ0) is 23.7. The van der Waals surface area contributed by atoms with Crippen LogP contribution in [0.25, 0.3) is 22.4 Å². The summed E-state index contributed by atoms with van der Waals surface area (Å²) in [5, 5.41) is 6.63. The third kappa shape index (κ3) is 4.79. The van der Waals surface area contributed by atoms with Crippen molar-refractivity contribution in [1.29, 1.82) is 0 Å². The molecule has 0 aliphatic heterocycles. The number of carbonyl (C=O) groups is 2. The number of halogens is 2. The number of aromatic amines is 1. The topological polar surface area (TPSA) is 86.9 Å². The van der Waals surface area contributed by atoms with Crippen molar-refractivity contribution in [2.75, 3.05) is 10.6 Å². The molecule has 1 aliphatic rings. The van der Waals surface area contributed by atoms with Crippen LogP contribution in [0.2, 0.25) is 10.0 Å². The number of amides is 2. The minimum absolute atomic E-state index is 0.0918. The van der Waals surface area contributed by atoms with Crippen molar-refractivity contribution in [3.05, 3.63) is 76.3 Å². The van der Waals surface area contributed by atoms with Gasteiger partial charge < -0.3 is 15.6 Å². The molecule has 0 radical (unpaired) electrons. The lowest BCUT2D eigenvalue weighted by atomic mass is 10.1. The SMILES string of the molecule is O=C(Nc1ccc(-c2nc3ccc(NC(=O)C4CCCC4)cc3[nH]2)cc1)c1ccc(Cl)cc1Cl. The summed E-state index contributed by atoms with van der Waals surface area (Å²) in [7, 11) is 0. The van der Waals surface area contributed by atoms with Gasteiger partial charge in [-0.2, -0.15) is 0 Å². The van der Waals surface area contributed by atoms with Crippen molar-refractivity contribution in [1.82, 2.24) is 9.97 Å². The third-order valence-electron chi connectivity index (χ3n) is 6.07. The fraction of sp³-hybridized carbons (Fsp3) is 0.192. The van der Waals surface area contributed by atoms with Crippen LogP contribution in [-0.2, 0) is 4.79 Å². The molecule has 5 rings (SSSR count). The Labute approximate surface area is 206 Å². The molecule has 1 fully saturated rings. The lowest BCUT2D eigenvalue weighted by molar-refractivity contribution is -0.119. The number of carbonyl (C=O) groups excluding carboxylic acids is 2. The fourth-order valence-corrected chi connectivity index (χ4v) is 4.73. The number of H-pyrrole nitrogens is 1. The van der Waals surface area contributed by atoms with Gasteiger partial charge in [0, 0.05) is 27.9 Å². The van der Waals surface area contributed by atoms with Gasteiger partial charge in [0.25, 0.3) is 5.91 Å². The van der Waals surface area contributed by atoms with Crippen molar-refractivity contribution < 1.29 is 9.59 Å². The monoisotopic (exact) mass is 492 g/mol. The molecule has 8 heteroatoms. The van der Waals surface area contributed by atoms with Gasteiger partial charge in [0.05, 0.1) is 21.6 Å². The highest BCUT2D eigenvalue weighted by Gasteiger charge is 2.22. The van der Waals surface area contributed by atoms with Crippen LogP contribution in [0.5, 0.6) is 0 Å². The minimum atomic E-state index is -0.315. The van der Waals surface area contributed by atoms with E-state index in [4.69, 9.17) is 23.2 Å². The number of benzene rings is 3. The first-order valence-electron chi connectivity index (χ1n) is 11.1. The number of fused-ring (bicyclic) bond motifs is 1. The average Bonchev–Trinajstić information content (AvgIpc) is 3.49. The van der Waals surface area contributed by atoms with Gasteiger partial charge in [-0.3, -0.25) is 9.59 Å². The van der Waals surface area contributed by atoms with E-state index in [1.165, 1.54) is 6.07 Å². The minimum Gasteiger partial charge on any atom is -0.338 e. The summed E-state index contributed by atoms with van der Waals surface area (Å²) in [6, 6.07) is 17.8. The summed E-state index contributed by atoms with van der Waals surface area (Å²) in [4.78, 5) is 32.9. The van der Waals surface area contributed by atoms with Gasteiger partial charge in [-0.15, -0.1) is 0 Å². The summed E-state index contributed by atoms with van der Waals surface area (Å²) in [5.74, 6) is 0.593. The number of nitrogens with one attached hydrogen (secondary N) is 3. The molecule has 1 heterocycles. The van der Waals surface area contributed by atoms with Gasteiger partial charge >= 0.3 is 0 Å². The number of rotatable bonds is 5. The molecule has 1 saturated carbocycles. The first kappa shape index (κ1) is 22.4. The van der Waals surface area contributed by atoms with Crippen molar-refractivity contribution in [3.8, 4) is 11.4 Å². The molecule has 0 spiro atoms. The second-order valence-electron chi connectivity index (χ2n) is 8.44. The van der Waals surface area contributed by atoms with Crippen LogP contribution >= 0.6 is 23.2 Å². The maximum absolute atomic E-state index is 12.5. The number of hydrogen-bond donors (Lipinski definition) is 3. The predicted octanol–water partition coefficient (Wildman–Crippen LogP) is 6.92. The first-order chi connectivity index (χ1) is 16.5. The summed E-state index contributed by atoms with van der Waals surface area (Å²) >= 11 is 12.0. The standard InChI is InChI=1S/C26H22Cl2N4O2/c27-17-7-11-20(21(28)13-17)26(34)29-18-8-5-15(6-9-18)24-31-22-12-10-19(14-23(22)32-24)30-25(33)16-3-1-2-4-16/h5-14,16H,1-4H2,(H,29,34)(H,30,33)(H,31,32). The normalized spacial score (nSPS) is 13.8. The lowest BCUT2D eigenvalue weighted by Crippen LogP contribution is -2.20. The lowest BCUT2D eigenvalue weighted by Gasteiger charge is -2.10. The smallest absolute Gasteiger partial charge is 0.257 e. The third-order valence-corrected chi connectivity index (χ3v) is 6.62. The quantitative estimate of drug-likeness (QED) is 0.282. The predicted molar refractivity (Wildman–Crippen MR) is 137 cm³/mol. The summed E-state index contributed by atoms with van der Waals surface area (Å²) in [6.45, 7) is 0.